The molecular weight excluding hydrogens is 411 g/mol. The van der Waals surface area contributed by atoms with Gasteiger partial charge in [-0.3, -0.25) is 4.99 Å². The fourth-order valence-corrected chi connectivity index (χ4v) is 4.30. The van der Waals surface area contributed by atoms with Crippen molar-refractivity contribution < 1.29 is 4.39 Å². The first-order valence-corrected chi connectivity index (χ1v) is 12.7. The van der Waals surface area contributed by atoms with Crippen LogP contribution in [-0.2, 0) is 6.42 Å². The van der Waals surface area contributed by atoms with E-state index in [1.165, 1.54) is 44.2 Å². The van der Waals surface area contributed by atoms with E-state index in [-0.39, 0.29) is 5.82 Å². The number of nitrogens with zero attached hydrogens (tertiary/aromatic N) is 4. The predicted octanol–water partition coefficient (Wildman–Crippen LogP) is 7.13. The molecule has 2 aromatic rings. The number of hydrogen-bond acceptors (Lipinski definition) is 4. The molecule has 1 atom stereocenters. The summed E-state index contributed by atoms with van der Waals surface area (Å²) in [5, 5.41) is 0. The lowest BCUT2D eigenvalue weighted by Crippen LogP contribution is -2.48. The molecule has 0 radical (unpaired) electrons. The first-order chi connectivity index (χ1) is 15.8. The van der Waals surface area contributed by atoms with E-state index in [2.05, 4.69) is 42.6 Å². The van der Waals surface area contributed by atoms with Gasteiger partial charge in [-0.25, -0.2) is 14.4 Å². The normalized spacial score (nSPS) is 14.8. The van der Waals surface area contributed by atoms with Gasteiger partial charge < -0.3 is 4.90 Å². The number of aromatic nitrogens is 2. The maximum absolute atomic E-state index is 14.6. The molecule has 1 aromatic carbocycles. The van der Waals surface area contributed by atoms with Crippen molar-refractivity contribution in [2.45, 2.75) is 79.6 Å². The number of rotatable bonds is 11. The van der Waals surface area contributed by atoms with Gasteiger partial charge in [0, 0.05) is 30.1 Å². The first-order valence-electron chi connectivity index (χ1n) is 12.7. The molecular formula is C28H41FN4. The molecule has 1 fully saturated rings. The summed E-state index contributed by atoms with van der Waals surface area (Å²) in [5.74, 6) is 1.30. The third-order valence-electron chi connectivity index (χ3n) is 6.58. The average Bonchev–Trinajstić information content (AvgIpc) is 2.76. The average molecular weight is 453 g/mol. The van der Waals surface area contributed by atoms with E-state index in [9.17, 15) is 4.39 Å². The third kappa shape index (κ3) is 7.35. The van der Waals surface area contributed by atoms with Crippen molar-refractivity contribution in [1.82, 2.24) is 9.97 Å². The van der Waals surface area contributed by atoms with Gasteiger partial charge in [-0.1, -0.05) is 72.1 Å². The highest BCUT2D eigenvalue weighted by Crippen LogP contribution is 2.28. The Morgan fingerprint density at radius 1 is 1.06 bits per heavy atom. The van der Waals surface area contributed by atoms with Crippen molar-refractivity contribution in [2.24, 2.45) is 16.3 Å². The molecule has 1 aliphatic rings. The lowest BCUT2D eigenvalue weighted by atomic mass is 9.84. The van der Waals surface area contributed by atoms with Crippen molar-refractivity contribution in [2.75, 3.05) is 24.5 Å². The molecule has 4 nitrogen and oxygen atoms in total. The van der Waals surface area contributed by atoms with Crippen molar-refractivity contribution in [1.29, 1.82) is 0 Å². The van der Waals surface area contributed by atoms with Gasteiger partial charge in [0.1, 0.15) is 5.82 Å². The second-order valence-electron chi connectivity index (χ2n) is 10.6. The van der Waals surface area contributed by atoms with Crippen LogP contribution >= 0.6 is 0 Å². The fraction of sp³-hybridized carbons (Fsp3) is 0.607. The monoisotopic (exact) mass is 452 g/mol. The van der Waals surface area contributed by atoms with Crippen molar-refractivity contribution in [3.05, 3.63) is 42.0 Å². The van der Waals surface area contributed by atoms with Gasteiger partial charge >= 0.3 is 0 Å². The number of unbranched alkanes of at least 4 members (excludes halogenated alkanes) is 1. The van der Waals surface area contributed by atoms with Gasteiger partial charge in [0.05, 0.1) is 18.8 Å². The second kappa shape index (κ2) is 11.7. The van der Waals surface area contributed by atoms with Crippen LogP contribution in [0.4, 0.5) is 10.3 Å². The molecule has 1 aromatic heterocycles. The van der Waals surface area contributed by atoms with Crippen LogP contribution in [0, 0.1) is 17.2 Å². The lowest BCUT2D eigenvalue weighted by molar-refractivity contribution is 0.302. The number of aliphatic imine (C=N–C) groups is 1. The van der Waals surface area contributed by atoms with E-state index in [1.54, 1.807) is 18.5 Å². The summed E-state index contributed by atoms with van der Waals surface area (Å²) in [6.07, 6.45) is 11.8. The van der Waals surface area contributed by atoms with Crippen LogP contribution in [0.5, 0.6) is 0 Å². The highest BCUT2D eigenvalue weighted by Gasteiger charge is 2.24. The Balaban J connectivity index is 1.50. The maximum atomic E-state index is 14.6. The second-order valence-corrected chi connectivity index (χ2v) is 10.6. The van der Waals surface area contributed by atoms with E-state index >= 15 is 0 Å². The van der Waals surface area contributed by atoms with Gasteiger partial charge in [0.2, 0.25) is 5.95 Å². The summed E-state index contributed by atoms with van der Waals surface area (Å²) in [6.45, 7) is 13.7. The molecule has 5 heteroatoms. The molecule has 3 rings (SSSR count). The molecule has 0 spiro atoms. The van der Waals surface area contributed by atoms with Crippen LogP contribution in [0.2, 0.25) is 0 Å². The Bertz CT molecular complexity index is 906. The van der Waals surface area contributed by atoms with E-state index < -0.39 is 0 Å². The van der Waals surface area contributed by atoms with Gasteiger partial charge in [0.25, 0.3) is 0 Å². The molecule has 1 saturated heterocycles. The van der Waals surface area contributed by atoms with Crippen LogP contribution in [0.1, 0.15) is 78.7 Å². The number of aryl methyl sites for hydroxylation is 1. The van der Waals surface area contributed by atoms with Crippen LogP contribution in [0.3, 0.4) is 0 Å². The number of halogens is 1. The van der Waals surface area contributed by atoms with Gasteiger partial charge in [0.15, 0.2) is 0 Å². The Morgan fingerprint density at radius 3 is 2.42 bits per heavy atom. The Kier molecular flexibility index (Phi) is 8.99. The van der Waals surface area contributed by atoms with Crippen LogP contribution in [0.15, 0.2) is 35.6 Å². The first kappa shape index (κ1) is 25.3. The maximum Gasteiger partial charge on any atom is 0.225 e. The number of benzene rings is 1. The molecule has 0 aliphatic carbocycles. The fourth-order valence-electron chi connectivity index (χ4n) is 4.30. The summed E-state index contributed by atoms with van der Waals surface area (Å²) in [7, 11) is 0. The summed E-state index contributed by atoms with van der Waals surface area (Å²) >= 11 is 0. The zero-order chi connectivity index (χ0) is 23.8. The predicted molar refractivity (Wildman–Crippen MR) is 138 cm³/mol. The third-order valence-corrected chi connectivity index (χ3v) is 6.58. The Morgan fingerprint density at radius 2 is 1.79 bits per heavy atom. The van der Waals surface area contributed by atoms with E-state index in [1.807, 2.05) is 19.1 Å². The van der Waals surface area contributed by atoms with Gasteiger partial charge in [-0.05, 0) is 42.6 Å². The van der Waals surface area contributed by atoms with Crippen molar-refractivity contribution >= 4 is 11.7 Å². The number of hydrogen-bond donors (Lipinski definition) is 0. The summed E-state index contributed by atoms with van der Waals surface area (Å²) in [6, 6.07) is 5.50. The standard InChI is InChI=1S/C28H41FN4/c1-6-8-10-21(13-15-28(3,4)5)14-16-30-24-19-33(20-24)27-31-17-23(18-32-27)25-12-9-11-22(7-2)26(25)29/h9,11-12,17-18,21H,6-8,10,13-16,19-20H2,1-5H3. The van der Waals surface area contributed by atoms with Crippen molar-refractivity contribution in [3.63, 3.8) is 0 Å². The summed E-state index contributed by atoms with van der Waals surface area (Å²) in [5.41, 5.74) is 3.64. The van der Waals surface area contributed by atoms with Crippen LogP contribution in [-0.4, -0.2) is 35.3 Å². The minimum Gasteiger partial charge on any atom is -0.330 e. The summed E-state index contributed by atoms with van der Waals surface area (Å²) < 4.78 is 14.6. The van der Waals surface area contributed by atoms with Crippen LogP contribution < -0.4 is 4.90 Å². The Hall–Kier alpha value is -2.30. The van der Waals surface area contributed by atoms with Crippen LogP contribution in [0.25, 0.3) is 11.1 Å². The summed E-state index contributed by atoms with van der Waals surface area (Å²) in [4.78, 5) is 16.0. The van der Waals surface area contributed by atoms with Crippen molar-refractivity contribution in [3.8, 4) is 11.1 Å². The highest BCUT2D eigenvalue weighted by atomic mass is 19.1. The van der Waals surface area contributed by atoms with E-state index in [0.717, 1.165) is 31.1 Å². The molecule has 0 bridgehead atoms. The molecule has 2 heterocycles. The Labute approximate surface area is 199 Å². The molecule has 1 unspecified atom stereocenters. The molecule has 33 heavy (non-hydrogen) atoms. The molecule has 0 amide bonds. The van der Waals surface area contributed by atoms with E-state index in [4.69, 9.17) is 4.99 Å². The largest absolute Gasteiger partial charge is 0.330 e. The highest BCUT2D eigenvalue weighted by molar-refractivity contribution is 5.99. The lowest BCUT2D eigenvalue weighted by Gasteiger charge is -2.33. The zero-order valence-corrected chi connectivity index (χ0v) is 21.2. The quantitative estimate of drug-likeness (QED) is 0.364. The smallest absolute Gasteiger partial charge is 0.225 e. The van der Waals surface area contributed by atoms with Gasteiger partial charge in [-0.15, -0.1) is 0 Å². The van der Waals surface area contributed by atoms with E-state index in [0.29, 0.717) is 28.9 Å². The molecule has 180 valence electrons. The number of anilines is 1. The minimum absolute atomic E-state index is 0.172. The van der Waals surface area contributed by atoms with Gasteiger partial charge in [-0.2, -0.15) is 0 Å². The zero-order valence-electron chi connectivity index (χ0n) is 21.2. The SMILES string of the molecule is CCCCC(CCN=C1CN(c2ncc(-c3cccc(CC)c3F)cn2)C1)CCC(C)(C)C. The molecule has 1 aliphatic heterocycles. The minimum atomic E-state index is -0.172. The molecule has 0 N–H and O–H groups in total. The molecule has 0 saturated carbocycles. The topological polar surface area (TPSA) is 41.4 Å².